The Bertz CT molecular complexity index is 1480. The average molecular weight is 460 g/mol. The zero-order chi connectivity index (χ0) is 23.9. The molecule has 1 aromatic heterocycles. The van der Waals surface area contributed by atoms with E-state index in [4.69, 9.17) is 9.47 Å². The number of methoxy groups -OCH3 is 1. The van der Waals surface area contributed by atoms with Crippen LogP contribution in [0.25, 0.3) is 10.9 Å². The molecule has 0 radical (unpaired) electrons. The van der Waals surface area contributed by atoms with Crippen molar-refractivity contribution in [2.45, 2.75) is 24.9 Å². The van der Waals surface area contributed by atoms with E-state index in [0.717, 1.165) is 11.5 Å². The van der Waals surface area contributed by atoms with Gasteiger partial charge in [-0.1, -0.05) is 78.9 Å². The fourth-order valence-electron chi connectivity index (χ4n) is 5.81. The van der Waals surface area contributed by atoms with Crippen molar-refractivity contribution in [1.82, 2.24) is 4.57 Å². The van der Waals surface area contributed by atoms with Crippen molar-refractivity contribution < 1.29 is 9.47 Å². The summed E-state index contributed by atoms with van der Waals surface area (Å²) in [6, 6.07) is 36.5. The SMILES string of the molecule is COc1ccc(C2c3ccccc3OC(c3c(C)n(C)c4ccccc34)C2c2ccccc2)cc1. The van der Waals surface area contributed by atoms with Crippen molar-refractivity contribution in [2.75, 3.05) is 7.11 Å². The van der Waals surface area contributed by atoms with Gasteiger partial charge >= 0.3 is 0 Å². The van der Waals surface area contributed by atoms with Crippen LogP contribution in [0.4, 0.5) is 0 Å². The first-order chi connectivity index (χ1) is 17.2. The number of hydrogen-bond donors (Lipinski definition) is 0. The average Bonchev–Trinajstić information content (AvgIpc) is 3.17. The zero-order valence-corrected chi connectivity index (χ0v) is 20.3. The highest BCUT2D eigenvalue weighted by Crippen LogP contribution is 2.55. The van der Waals surface area contributed by atoms with Crippen LogP contribution < -0.4 is 9.47 Å². The molecule has 174 valence electrons. The molecule has 2 heterocycles. The van der Waals surface area contributed by atoms with Gasteiger partial charge in [0.15, 0.2) is 0 Å². The lowest BCUT2D eigenvalue weighted by atomic mass is 9.71. The summed E-state index contributed by atoms with van der Waals surface area (Å²) in [5.74, 6) is 2.06. The lowest BCUT2D eigenvalue weighted by molar-refractivity contribution is 0.141. The van der Waals surface area contributed by atoms with E-state index in [1.165, 1.54) is 38.9 Å². The Kier molecular flexibility index (Phi) is 5.33. The van der Waals surface area contributed by atoms with Crippen LogP contribution in [0.5, 0.6) is 11.5 Å². The first kappa shape index (κ1) is 21.5. The first-order valence-electron chi connectivity index (χ1n) is 12.2. The number of hydrogen-bond acceptors (Lipinski definition) is 2. The van der Waals surface area contributed by atoms with Crippen molar-refractivity contribution in [1.29, 1.82) is 0 Å². The Morgan fingerprint density at radius 2 is 1.43 bits per heavy atom. The van der Waals surface area contributed by atoms with E-state index in [-0.39, 0.29) is 17.9 Å². The van der Waals surface area contributed by atoms with Crippen LogP contribution in [-0.4, -0.2) is 11.7 Å². The van der Waals surface area contributed by atoms with Crippen LogP contribution in [0.2, 0.25) is 0 Å². The van der Waals surface area contributed by atoms with E-state index < -0.39 is 0 Å². The molecule has 0 saturated heterocycles. The normalized spacial score (nSPS) is 19.2. The van der Waals surface area contributed by atoms with Gasteiger partial charge in [-0.25, -0.2) is 0 Å². The summed E-state index contributed by atoms with van der Waals surface area (Å²) in [6.07, 6.45) is -0.134. The third-order valence-electron chi connectivity index (χ3n) is 7.59. The molecule has 3 atom stereocenters. The molecule has 6 rings (SSSR count). The van der Waals surface area contributed by atoms with Gasteiger partial charge in [0, 0.05) is 46.6 Å². The molecule has 0 bridgehead atoms. The van der Waals surface area contributed by atoms with Crippen LogP contribution in [0.1, 0.15) is 45.9 Å². The summed E-state index contributed by atoms with van der Waals surface area (Å²) in [6.45, 7) is 2.21. The number of para-hydroxylation sites is 2. The van der Waals surface area contributed by atoms with E-state index in [0.29, 0.717) is 0 Å². The van der Waals surface area contributed by atoms with Crippen molar-refractivity contribution in [3.05, 3.63) is 131 Å². The van der Waals surface area contributed by atoms with Crippen molar-refractivity contribution in [3.8, 4) is 11.5 Å². The summed E-state index contributed by atoms with van der Waals surface area (Å²) < 4.78 is 14.7. The molecule has 3 nitrogen and oxygen atoms in total. The van der Waals surface area contributed by atoms with E-state index in [9.17, 15) is 0 Å². The van der Waals surface area contributed by atoms with Gasteiger partial charge in [0.2, 0.25) is 0 Å². The second kappa shape index (κ2) is 8.66. The van der Waals surface area contributed by atoms with Crippen molar-refractivity contribution in [3.63, 3.8) is 0 Å². The molecular formula is C32H29NO2. The van der Waals surface area contributed by atoms with E-state index in [1.54, 1.807) is 7.11 Å². The summed E-state index contributed by atoms with van der Waals surface area (Å²) in [5.41, 5.74) is 7.50. The molecule has 1 aliphatic heterocycles. The van der Waals surface area contributed by atoms with Crippen LogP contribution in [0.15, 0.2) is 103 Å². The highest BCUT2D eigenvalue weighted by atomic mass is 16.5. The van der Waals surface area contributed by atoms with Gasteiger partial charge in [-0.05, 0) is 42.3 Å². The number of rotatable bonds is 4. The molecule has 4 aromatic carbocycles. The second-order valence-corrected chi connectivity index (χ2v) is 9.34. The smallest absolute Gasteiger partial charge is 0.134 e. The van der Waals surface area contributed by atoms with E-state index in [2.05, 4.69) is 122 Å². The lowest BCUT2D eigenvalue weighted by Crippen LogP contribution is -2.29. The zero-order valence-electron chi connectivity index (χ0n) is 20.3. The van der Waals surface area contributed by atoms with E-state index in [1.807, 2.05) is 0 Å². The quantitative estimate of drug-likeness (QED) is 0.277. The van der Waals surface area contributed by atoms with Crippen molar-refractivity contribution in [2.24, 2.45) is 7.05 Å². The third-order valence-corrected chi connectivity index (χ3v) is 7.59. The van der Waals surface area contributed by atoms with Gasteiger partial charge < -0.3 is 14.0 Å². The summed E-state index contributed by atoms with van der Waals surface area (Å²) >= 11 is 0. The fraction of sp³-hybridized carbons (Fsp3) is 0.188. The second-order valence-electron chi connectivity index (χ2n) is 9.34. The minimum atomic E-state index is -0.134. The first-order valence-corrected chi connectivity index (χ1v) is 12.2. The number of nitrogens with zero attached hydrogens (tertiary/aromatic N) is 1. The Morgan fingerprint density at radius 3 is 2.20 bits per heavy atom. The Balaban J connectivity index is 1.63. The topological polar surface area (TPSA) is 23.4 Å². The molecule has 3 unspecified atom stereocenters. The molecule has 1 aliphatic rings. The Hall–Kier alpha value is -3.98. The summed E-state index contributed by atoms with van der Waals surface area (Å²) in [5, 5.41) is 1.26. The molecule has 0 aliphatic carbocycles. The predicted octanol–water partition coefficient (Wildman–Crippen LogP) is 7.54. The van der Waals surface area contributed by atoms with Crippen LogP contribution in [0.3, 0.4) is 0 Å². The number of aryl methyl sites for hydroxylation is 1. The van der Waals surface area contributed by atoms with Gasteiger partial charge in [0.1, 0.15) is 17.6 Å². The fourth-order valence-corrected chi connectivity index (χ4v) is 5.81. The molecule has 3 heteroatoms. The molecule has 0 N–H and O–H groups in total. The standard InChI is InChI=1S/C32H29NO2/c1-21-29(25-13-7-9-15-27(25)33(21)2)32-31(22-11-5-4-6-12-22)30(23-17-19-24(34-3)20-18-23)26-14-8-10-16-28(26)35-32/h4-20,30-32H,1-3H3. The maximum absolute atomic E-state index is 6.95. The molecular weight excluding hydrogens is 430 g/mol. The van der Waals surface area contributed by atoms with Gasteiger partial charge in [0.05, 0.1) is 7.11 Å². The highest BCUT2D eigenvalue weighted by molar-refractivity contribution is 5.86. The third kappa shape index (κ3) is 3.50. The van der Waals surface area contributed by atoms with Gasteiger partial charge in [-0.3, -0.25) is 0 Å². The van der Waals surface area contributed by atoms with E-state index >= 15 is 0 Å². The van der Waals surface area contributed by atoms with Crippen LogP contribution in [0, 0.1) is 6.92 Å². The minimum absolute atomic E-state index is 0.101. The van der Waals surface area contributed by atoms with Gasteiger partial charge in [0.25, 0.3) is 0 Å². The number of aromatic nitrogens is 1. The number of fused-ring (bicyclic) bond motifs is 2. The number of benzene rings is 4. The summed E-state index contributed by atoms with van der Waals surface area (Å²) in [4.78, 5) is 0. The van der Waals surface area contributed by atoms with Gasteiger partial charge in [-0.15, -0.1) is 0 Å². The molecule has 0 amide bonds. The maximum Gasteiger partial charge on any atom is 0.134 e. The molecule has 5 aromatic rings. The monoisotopic (exact) mass is 459 g/mol. The van der Waals surface area contributed by atoms with Gasteiger partial charge in [-0.2, -0.15) is 0 Å². The maximum atomic E-state index is 6.95. The molecule has 0 saturated carbocycles. The molecule has 35 heavy (non-hydrogen) atoms. The lowest BCUT2D eigenvalue weighted by Gasteiger charge is -2.41. The Labute approximate surface area is 206 Å². The van der Waals surface area contributed by atoms with Crippen molar-refractivity contribution >= 4 is 10.9 Å². The van der Waals surface area contributed by atoms with Crippen LogP contribution in [-0.2, 0) is 7.05 Å². The number of ether oxygens (including phenoxy) is 2. The molecule has 0 spiro atoms. The minimum Gasteiger partial charge on any atom is -0.497 e. The van der Waals surface area contributed by atoms with Crippen LogP contribution >= 0.6 is 0 Å². The molecule has 0 fully saturated rings. The Morgan fingerprint density at radius 1 is 0.743 bits per heavy atom. The highest BCUT2D eigenvalue weighted by Gasteiger charge is 2.42. The largest absolute Gasteiger partial charge is 0.497 e. The summed E-state index contributed by atoms with van der Waals surface area (Å²) in [7, 11) is 3.86. The predicted molar refractivity (Wildman–Crippen MR) is 141 cm³/mol.